The van der Waals surface area contributed by atoms with Crippen molar-refractivity contribution in [3.63, 3.8) is 0 Å². The van der Waals surface area contributed by atoms with E-state index in [1.54, 1.807) is 0 Å². The highest BCUT2D eigenvalue weighted by atomic mass is 16.2. The molecule has 2 amide bonds. The molecule has 0 radical (unpaired) electrons. The molecule has 0 heterocycles. The van der Waals surface area contributed by atoms with Crippen LogP contribution in [0.25, 0.3) is 0 Å². The first-order valence-corrected chi connectivity index (χ1v) is 7.60. The first kappa shape index (κ1) is 14.9. The summed E-state index contributed by atoms with van der Waals surface area (Å²) in [6.07, 6.45) is 5.03. The molecule has 1 aromatic rings. The average Bonchev–Trinajstić information content (AvgIpc) is 2.84. The quantitative estimate of drug-likeness (QED) is 0.858. The number of carbonyl (C=O) groups excluding carboxylic acids is 1. The molecule has 0 bridgehead atoms. The zero-order valence-corrected chi connectivity index (χ0v) is 12.8. The largest absolute Gasteiger partial charge is 0.338 e. The van der Waals surface area contributed by atoms with Gasteiger partial charge in [0.15, 0.2) is 0 Å². The lowest BCUT2D eigenvalue weighted by Gasteiger charge is -2.24. The summed E-state index contributed by atoms with van der Waals surface area (Å²) in [5, 5.41) is 6.06. The van der Waals surface area contributed by atoms with Crippen molar-refractivity contribution in [2.24, 2.45) is 5.41 Å². The van der Waals surface area contributed by atoms with Crippen molar-refractivity contribution in [3.05, 3.63) is 35.4 Å². The predicted octanol–water partition coefficient (Wildman–Crippen LogP) is 3.94. The molecule has 0 spiro atoms. The van der Waals surface area contributed by atoms with Gasteiger partial charge in [0.25, 0.3) is 0 Å². The second-order valence-electron chi connectivity index (χ2n) is 6.42. The van der Waals surface area contributed by atoms with Gasteiger partial charge in [-0.1, -0.05) is 44.0 Å². The fourth-order valence-corrected chi connectivity index (χ4v) is 3.10. The molecule has 1 aromatic carbocycles. The molecular weight excluding hydrogens is 248 g/mol. The fourth-order valence-electron chi connectivity index (χ4n) is 3.10. The Morgan fingerprint density at radius 2 is 1.95 bits per heavy atom. The molecule has 1 unspecified atom stereocenters. The van der Waals surface area contributed by atoms with Gasteiger partial charge in [-0.25, -0.2) is 4.79 Å². The van der Waals surface area contributed by atoms with Crippen LogP contribution in [-0.4, -0.2) is 12.6 Å². The van der Waals surface area contributed by atoms with Crippen LogP contribution in [0.1, 0.15) is 56.7 Å². The van der Waals surface area contributed by atoms with Crippen LogP contribution in [0.2, 0.25) is 0 Å². The Morgan fingerprint density at radius 1 is 1.30 bits per heavy atom. The lowest BCUT2D eigenvalue weighted by atomic mass is 9.89. The minimum Gasteiger partial charge on any atom is -0.338 e. The van der Waals surface area contributed by atoms with Gasteiger partial charge < -0.3 is 10.6 Å². The third-order valence-electron chi connectivity index (χ3n) is 4.49. The number of carbonyl (C=O) groups is 1. The van der Waals surface area contributed by atoms with Gasteiger partial charge in [0, 0.05) is 6.54 Å². The standard InChI is InChI=1S/C17H26N2O/c1-13-8-4-5-9-15(13)14(2)19-16(20)18-12-17(3)10-6-7-11-17/h4-5,8-9,14H,6-7,10-12H2,1-3H3,(H2,18,19,20). The van der Waals surface area contributed by atoms with Crippen LogP contribution in [-0.2, 0) is 0 Å². The van der Waals surface area contributed by atoms with Crippen molar-refractivity contribution in [1.82, 2.24) is 10.6 Å². The number of urea groups is 1. The van der Waals surface area contributed by atoms with E-state index in [0.29, 0.717) is 5.41 Å². The van der Waals surface area contributed by atoms with Crippen LogP contribution < -0.4 is 10.6 Å². The molecule has 1 aliphatic carbocycles. The average molecular weight is 274 g/mol. The second kappa shape index (κ2) is 6.29. The molecule has 1 fully saturated rings. The summed E-state index contributed by atoms with van der Waals surface area (Å²) >= 11 is 0. The van der Waals surface area contributed by atoms with E-state index in [2.05, 4.69) is 36.6 Å². The smallest absolute Gasteiger partial charge is 0.315 e. The van der Waals surface area contributed by atoms with E-state index in [1.807, 2.05) is 19.1 Å². The molecule has 110 valence electrons. The number of rotatable bonds is 4. The summed E-state index contributed by atoms with van der Waals surface area (Å²) in [4.78, 5) is 12.0. The molecule has 1 atom stereocenters. The zero-order chi connectivity index (χ0) is 14.6. The monoisotopic (exact) mass is 274 g/mol. The van der Waals surface area contributed by atoms with Gasteiger partial charge in [0.05, 0.1) is 6.04 Å². The van der Waals surface area contributed by atoms with E-state index >= 15 is 0 Å². The Morgan fingerprint density at radius 3 is 2.60 bits per heavy atom. The second-order valence-corrected chi connectivity index (χ2v) is 6.42. The van der Waals surface area contributed by atoms with E-state index in [0.717, 1.165) is 6.54 Å². The van der Waals surface area contributed by atoms with Crippen LogP contribution in [0.4, 0.5) is 4.79 Å². The van der Waals surface area contributed by atoms with Crippen LogP contribution in [0.3, 0.4) is 0 Å². The molecule has 1 saturated carbocycles. The lowest BCUT2D eigenvalue weighted by molar-refractivity contribution is 0.229. The molecule has 0 aromatic heterocycles. The minimum absolute atomic E-state index is 0.0348. The summed E-state index contributed by atoms with van der Waals surface area (Å²) in [7, 11) is 0. The van der Waals surface area contributed by atoms with Gasteiger partial charge >= 0.3 is 6.03 Å². The summed E-state index contributed by atoms with van der Waals surface area (Å²) in [6.45, 7) is 7.15. The van der Waals surface area contributed by atoms with Crippen molar-refractivity contribution in [3.8, 4) is 0 Å². The highest BCUT2D eigenvalue weighted by Crippen LogP contribution is 2.36. The first-order valence-electron chi connectivity index (χ1n) is 7.60. The zero-order valence-electron chi connectivity index (χ0n) is 12.8. The van der Waals surface area contributed by atoms with Gasteiger partial charge in [-0.15, -0.1) is 0 Å². The van der Waals surface area contributed by atoms with Crippen LogP contribution >= 0.6 is 0 Å². The van der Waals surface area contributed by atoms with Gasteiger partial charge in [0.1, 0.15) is 0 Å². The maximum absolute atomic E-state index is 12.0. The Bertz CT molecular complexity index is 464. The van der Waals surface area contributed by atoms with Gasteiger partial charge in [-0.3, -0.25) is 0 Å². The number of hydrogen-bond acceptors (Lipinski definition) is 1. The Labute approximate surface area is 122 Å². The maximum atomic E-state index is 12.0. The molecule has 3 nitrogen and oxygen atoms in total. The van der Waals surface area contributed by atoms with E-state index < -0.39 is 0 Å². The topological polar surface area (TPSA) is 41.1 Å². The Hall–Kier alpha value is -1.51. The van der Waals surface area contributed by atoms with E-state index in [1.165, 1.54) is 36.8 Å². The maximum Gasteiger partial charge on any atom is 0.315 e. The van der Waals surface area contributed by atoms with Crippen LogP contribution in [0.15, 0.2) is 24.3 Å². The Balaban J connectivity index is 1.84. The number of hydrogen-bond donors (Lipinski definition) is 2. The van der Waals surface area contributed by atoms with Gasteiger partial charge in [0.2, 0.25) is 0 Å². The van der Waals surface area contributed by atoms with E-state index in [4.69, 9.17) is 0 Å². The molecule has 0 aliphatic heterocycles. The SMILES string of the molecule is Cc1ccccc1C(C)NC(=O)NCC1(C)CCCC1. The minimum atomic E-state index is -0.0612. The van der Waals surface area contributed by atoms with Crippen molar-refractivity contribution in [1.29, 1.82) is 0 Å². The number of benzene rings is 1. The van der Waals surface area contributed by atoms with Crippen LogP contribution in [0, 0.1) is 12.3 Å². The van der Waals surface area contributed by atoms with Gasteiger partial charge in [-0.05, 0) is 43.2 Å². The summed E-state index contributed by atoms with van der Waals surface area (Å²) < 4.78 is 0. The summed E-state index contributed by atoms with van der Waals surface area (Å²) in [5.74, 6) is 0. The van der Waals surface area contributed by atoms with E-state index in [-0.39, 0.29) is 12.1 Å². The summed E-state index contributed by atoms with van der Waals surface area (Å²) in [5.41, 5.74) is 2.68. The lowest BCUT2D eigenvalue weighted by Crippen LogP contribution is -2.41. The van der Waals surface area contributed by atoms with Crippen LogP contribution in [0.5, 0.6) is 0 Å². The third-order valence-corrected chi connectivity index (χ3v) is 4.49. The van der Waals surface area contributed by atoms with Crippen molar-refractivity contribution in [2.75, 3.05) is 6.54 Å². The predicted molar refractivity (Wildman–Crippen MR) is 82.7 cm³/mol. The van der Waals surface area contributed by atoms with Crippen molar-refractivity contribution < 1.29 is 4.79 Å². The van der Waals surface area contributed by atoms with Crippen molar-refractivity contribution in [2.45, 2.75) is 52.5 Å². The number of nitrogens with one attached hydrogen (secondary N) is 2. The fraction of sp³-hybridized carbons (Fsp3) is 0.588. The summed E-state index contributed by atoms with van der Waals surface area (Å²) in [6, 6.07) is 8.15. The molecule has 0 saturated heterocycles. The molecule has 20 heavy (non-hydrogen) atoms. The Kier molecular flexibility index (Phi) is 4.69. The van der Waals surface area contributed by atoms with Crippen molar-refractivity contribution >= 4 is 6.03 Å². The number of aryl methyl sites for hydroxylation is 1. The van der Waals surface area contributed by atoms with Gasteiger partial charge in [-0.2, -0.15) is 0 Å². The highest BCUT2D eigenvalue weighted by Gasteiger charge is 2.28. The molecule has 1 aliphatic rings. The van der Waals surface area contributed by atoms with E-state index in [9.17, 15) is 4.79 Å². The third kappa shape index (κ3) is 3.75. The highest BCUT2D eigenvalue weighted by molar-refractivity contribution is 5.74. The first-order chi connectivity index (χ1) is 9.50. The molecule has 2 rings (SSSR count). The number of amides is 2. The normalized spacial score (nSPS) is 18.6. The molecule has 3 heteroatoms. The molecule has 2 N–H and O–H groups in total. The molecular formula is C17H26N2O.